The van der Waals surface area contributed by atoms with Crippen LogP contribution >= 0.6 is 22.7 Å². The van der Waals surface area contributed by atoms with E-state index in [4.69, 9.17) is 29.9 Å². The summed E-state index contributed by atoms with van der Waals surface area (Å²) in [5.41, 5.74) is 10.2. The van der Waals surface area contributed by atoms with Crippen LogP contribution in [0, 0.1) is 27.7 Å². The number of rotatable bonds is 0. The fourth-order valence-corrected chi connectivity index (χ4v) is 6.94. The van der Waals surface area contributed by atoms with E-state index in [1.54, 1.807) is 22.7 Å². The molecular formula is C42H34N6S2. The summed E-state index contributed by atoms with van der Waals surface area (Å²) in [5, 5.41) is 0. The van der Waals surface area contributed by atoms with E-state index in [9.17, 15) is 0 Å². The molecule has 0 fully saturated rings. The Kier molecular flexibility index (Phi) is 9.73. The lowest BCUT2D eigenvalue weighted by molar-refractivity contribution is 1.23. The predicted octanol–water partition coefficient (Wildman–Crippen LogP) is 11.4. The number of hydrogen-bond donors (Lipinski definition) is 0. The van der Waals surface area contributed by atoms with Crippen LogP contribution in [0.5, 0.6) is 0 Å². The first-order valence-corrected chi connectivity index (χ1v) is 17.9. The molecule has 9 aromatic heterocycles. The highest BCUT2D eigenvalue weighted by molar-refractivity contribution is 7.23. The van der Waals surface area contributed by atoms with Crippen LogP contribution in [0.25, 0.3) is 62.9 Å². The summed E-state index contributed by atoms with van der Waals surface area (Å²) < 4.78 is 4.53. The third-order valence-electron chi connectivity index (χ3n) is 7.99. The lowest BCUT2D eigenvalue weighted by atomic mass is 10.3. The summed E-state index contributed by atoms with van der Waals surface area (Å²) in [6.07, 6.45) is 0. The Hall–Kier alpha value is -5.70. The van der Waals surface area contributed by atoms with Crippen molar-refractivity contribution in [1.82, 2.24) is 29.9 Å². The van der Waals surface area contributed by atoms with Crippen molar-refractivity contribution in [2.24, 2.45) is 0 Å². The van der Waals surface area contributed by atoms with Gasteiger partial charge in [0.05, 0.1) is 66.9 Å². The molecule has 0 amide bonds. The van der Waals surface area contributed by atoms with E-state index in [-0.39, 0.29) is 0 Å². The fraction of sp³-hybridized carbons (Fsp3) is 0.0952. The molecule has 50 heavy (non-hydrogen) atoms. The normalized spacial score (nSPS) is 10.8. The molecule has 0 atom stereocenters. The van der Waals surface area contributed by atoms with Gasteiger partial charge in [0.1, 0.15) is 0 Å². The van der Waals surface area contributed by atoms with E-state index in [0.717, 1.165) is 85.7 Å². The first-order chi connectivity index (χ1) is 24.3. The van der Waals surface area contributed by atoms with Crippen molar-refractivity contribution in [1.29, 1.82) is 0 Å². The Bertz CT molecular complexity index is 2290. The Labute approximate surface area is 298 Å². The van der Waals surface area contributed by atoms with Crippen molar-refractivity contribution in [3.63, 3.8) is 0 Å². The van der Waals surface area contributed by atoms with E-state index < -0.39 is 0 Å². The van der Waals surface area contributed by atoms with Crippen LogP contribution < -0.4 is 0 Å². The molecular weight excluding hydrogens is 653 g/mol. The standard InChI is InChI=1S/C42H34N6S2/c1-27-39-7-5-8-40(47-39)28(2)44-32-13-21-37(22-14-32)50-38-25-17-34(18-26-38)46-30(4)42-10-6-9-41(48-42)29(3)45-33-15-23-36(24-16-33)49-35-19-11-31(43-27)12-20-35/h5-26H,1-4H3. The second kappa shape index (κ2) is 14.8. The molecule has 0 radical (unpaired) electrons. The highest BCUT2D eigenvalue weighted by Crippen LogP contribution is 2.19. The maximum absolute atomic E-state index is 4.89. The number of aryl methyl sites for hydroxylation is 4. The van der Waals surface area contributed by atoms with Gasteiger partial charge in [0.15, 0.2) is 0 Å². The highest BCUT2D eigenvalue weighted by atomic mass is 32.1. The highest BCUT2D eigenvalue weighted by Gasteiger charge is 1.99. The molecule has 13 rings (SSSR count). The van der Waals surface area contributed by atoms with Crippen molar-refractivity contribution in [2.45, 2.75) is 27.7 Å². The largest absolute Gasteiger partial charge is 0.252 e. The summed E-state index contributed by atoms with van der Waals surface area (Å²) in [6, 6.07) is 45.0. The van der Waals surface area contributed by atoms with Crippen molar-refractivity contribution in [2.75, 3.05) is 0 Å². The minimum atomic E-state index is 0.821. The van der Waals surface area contributed by atoms with E-state index in [2.05, 4.69) is 48.5 Å². The van der Waals surface area contributed by atoms with Gasteiger partial charge in [0, 0.05) is 18.8 Å². The molecule has 244 valence electrons. The zero-order valence-electron chi connectivity index (χ0n) is 28.2. The molecule has 6 nitrogen and oxygen atoms in total. The summed E-state index contributed by atoms with van der Waals surface area (Å²) >= 11 is 3.40. The maximum atomic E-state index is 4.89. The fourth-order valence-electron chi connectivity index (χ4n) is 5.31. The summed E-state index contributed by atoms with van der Waals surface area (Å²) in [5.74, 6) is 0. The van der Waals surface area contributed by atoms with Gasteiger partial charge in [-0.1, -0.05) is 12.1 Å². The second-order valence-electron chi connectivity index (χ2n) is 11.8. The van der Waals surface area contributed by atoms with Gasteiger partial charge in [-0.25, -0.2) is 9.97 Å². The van der Waals surface area contributed by atoms with E-state index in [0.29, 0.717) is 0 Å². The number of benzene rings is 4. The average Bonchev–Trinajstić information content (AvgIpc) is 3.14. The Morgan fingerprint density at radius 3 is 0.720 bits per heavy atom. The molecule has 8 heteroatoms. The Morgan fingerprint density at radius 2 is 0.500 bits per heavy atom. The van der Waals surface area contributed by atoms with E-state index in [1.807, 2.05) is 113 Å². The lowest BCUT2D eigenvalue weighted by Gasteiger charge is -1.98. The van der Waals surface area contributed by atoms with Crippen LogP contribution in [0.4, 0.5) is 0 Å². The molecule has 9 heterocycles. The zero-order valence-corrected chi connectivity index (χ0v) is 29.8. The first kappa shape index (κ1) is 32.8. The summed E-state index contributed by atoms with van der Waals surface area (Å²) in [6.45, 7) is 7.96. The van der Waals surface area contributed by atoms with Gasteiger partial charge in [-0.05, 0) is 149 Å². The molecule has 0 aliphatic heterocycles. The molecule has 0 spiro atoms. The molecule has 0 aliphatic carbocycles. The molecule has 0 N–H and O–H groups in total. The van der Waals surface area contributed by atoms with Crippen LogP contribution in [0.1, 0.15) is 22.8 Å². The van der Waals surface area contributed by atoms with Gasteiger partial charge in [-0.2, -0.15) is 0 Å². The number of hydrogen-bond acceptors (Lipinski definition) is 8. The van der Waals surface area contributed by atoms with Crippen molar-refractivity contribution in [3.8, 4) is 0 Å². The topological polar surface area (TPSA) is 77.3 Å². The molecule has 0 unspecified atom stereocenters. The van der Waals surface area contributed by atoms with Crippen LogP contribution in [0.15, 0.2) is 133 Å². The molecule has 13 aromatic rings. The maximum Gasteiger partial charge on any atom is 0.0849 e. The lowest BCUT2D eigenvalue weighted by Crippen LogP contribution is -1.86. The minimum Gasteiger partial charge on any atom is -0.252 e. The van der Waals surface area contributed by atoms with Gasteiger partial charge < -0.3 is 0 Å². The third kappa shape index (κ3) is 8.11. The Balaban J connectivity index is 1.40. The van der Waals surface area contributed by atoms with Crippen molar-refractivity contribution in [3.05, 3.63) is 156 Å². The first-order valence-electron chi connectivity index (χ1n) is 16.3. The van der Waals surface area contributed by atoms with Gasteiger partial charge in [0.25, 0.3) is 0 Å². The molecule has 0 saturated carbocycles. The molecule has 0 saturated heterocycles. The van der Waals surface area contributed by atoms with Crippen LogP contribution in [-0.2, 0) is 0 Å². The monoisotopic (exact) mass is 686 g/mol. The quantitative estimate of drug-likeness (QED) is 0.158. The SMILES string of the molecule is Cc1nc2ccc(cc2)sc2ccc(cc2)nc(C)c2cccc(n2)c(C)nc2ccc(cc2)sc2ccc(cc2)nc(C)c2cccc1n2. The van der Waals surface area contributed by atoms with Crippen molar-refractivity contribution >= 4 is 85.6 Å². The van der Waals surface area contributed by atoms with Crippen LogP contribution in [0.3, 0.4) is 0 Å². The van der Waals surface area contributed by atoms with Crippen LogP contribution in [-0.4, -0.2) is 29.9 Å². The minimum absolute atomic E-state index is 0.821. The van der Waals surface area contributed by atoms with Gasteiger partial charge in [-0.3, -0.25) is 19.9 Å². The zero-order chi connectivity index (χ0) is 34.5. The van der Waals surface area contributed by atoms with Gasteiger partial charge in [0.2, 0.25) is 0 Å². The van der Waals surface area contributed by atoms with Gasteiger partial charge >= 0.3 is 0 Å². The molecule has 4 aromatic carbocycles. The molecule has 0 aliphatic rings. The second-order valence-corrected chi connectivity index (χ2v) is 14.1. The average molecular weight is 687 g/mol. The molecule has 12 bridgehead atoms. The number of aromatic nitrogens is 6. The van der Waals surface area contributed by atoms with Crippen molar-refractivity contribution < 1.29 is 0 Å². The smallest absolute Gasteiger partial charge is 0.0849 e. The van der Waals surface area contributed by atoms with E-state index in [1.165, 1.54) is 0 Å². The number of pyridine rings is 2. The van der Waals surface area contributed by atoms with E-state index >= 15 is 0 Å². The summed E-state index contributed by atoms with van der Waals surface area (Å²) in [4.78, 5) is 29.2. The van der Waals surface area contributed by atoms with Gasteiger partial charge in [-0.15, -0.1) is 22.7 Å². The summed E-state index contributed by atoms with van der Waals surface area (Å²) in [7, 11) is 0. The third-order valence-corrected chi connectivity index (χ3v) is 10.0. The van der Waals surface area contributed by atoms with Crippen LogP contribution in [0.2, 0.25) is 0 Å². The Morgan fingerprint density at radius 1 is 0.280 bits per heavy atom. The predicted molar refractivity (Wildman–Crippen MR) is 212 cm³/mol. The number of nitrogens with zero attached hydrogens (tertiary/aromatic N) is 6.